The number of aryl methyl sites for hydroxylation is 1. The van der Waals surface area contributed by atoms with Gasteiger partial charge in [-0.15, -0.1) is 10.2 Å². The van der Waals surface area contributed by atoms with E-state index < -0.39 is 0 Å². The summed E-state index contributed by atoms with van der Waals surface area (Å²) < 4.78 is 5.20. The van der Waals surface area contributed by atoms with Gasteiger partial charge in [-0.25, -0.2) is 9.67 Å². The van der Waals surface area contributed by atoms with Gasteiger partial charge in [0.05, 0.1) is 11.0 Å². The minimum atomic E-state index is -0.197. The molecule has 4 rings (SSSR count). The molecule has 112 valence electrons. The number of benzene rings is 1. The summed E-state index contributed by atoms with van der Waals surface area (Å²) in [7, 11) is 1.86. The molecule has 0 bridgehead atoms. The van der Waals surface area contributed by atoms with Gasteiger partial charge >= 0.3 is 0 Å². The maximum Gasteiger partial charge on any atom is 0.296 e. The highest BCUT2D eigenvalue weighted by Crippen LogP contribution is 2.25. The molecule has 3 heterocycles. The molecule has 0 aliphatic carbocycles. The Bertz CT molecular complexity index is 960. The summed E-state index contributed by atoms with van der Waals surface area (Å²) in [6.07, 6.45) is 0.918. The summed E-state index contributed by atoms with van der Waals surface area (Å²) in [6.45, 7) is 1.41. The predicted molar refractivity (Wildman–Crippen MR) is 82.6 cm³/mol. The molecule has 0 unspecified atom stereocenters. The number of nitrogens with two attached hydrogens (primary N) is 1. The lowest BCUT2D eigenvalue weighted by Gasteiger charge is -1.99. The number of nitrogen functional groups attached to an aromatic ring is 1. The normalized spacial score (nSPS) is 14.2. The Labute approximate surface area is 125 Å². The highest BCUT2D eigenvalue weighted by atomic mass is 16.1. The highest BCUT2D eigenvalue weighted by molar-refractivity contribution is 5.77. The zero-order valence-electron chi connectivity index (χ0n) is 12.1. The number of rotatable bonds is 2. The number of fused-ring (bicyclic) bond motifs is 2. The second-order valence-electron chi connectivity index (χ2n) is 5.30. The second-order valence-corrected chi connectivity index (χ2v) is 5.30. The predicted octanol–water partition coefficient (Wildman–Crippen LogP) is 1.94. The molecule has 0 saturated carbocycles. The molecule has 8 heteroatoms. The smallest absolute Gasteiger partial charge is 0.296 e. The van der Waals surface area contributed by atoms with Gasteiger partial charge in [0.15, 0.2) is 11.5 Å². The van der Waals surface area contributed by atoms with E-state index in [0.29, 0.717) is 18.3 Å². The topological polar surface area (TPSA) is 95.5 Å². The van der Waals surface area contributed by atoms with Gasteiger partial charge in [-0.1, -0.05) is 12.1 Å². The number of anilines is 1. The lowest BCUT2D eigenvalue weighted by Crippen LogP contribution is -2.16. The number of para-hydroxylation sites is 2. The van der Waals surface area contributed by atoms with E-state index in [1.807, 2.05) is 35.9 Å². The fourth-order valence-electron chi connectivity index (χ4n) is 2.84. The fourth-order valence-corrected chi connectivity index (χ4v) is 2.84. The van der Waals surface area contributed by atoms with Crippen LogP contribution in [-0.4, -0.2) is 18.9 Å². The van der Waals surface area contributed by atoms with Crippen LogP contribution in [-0.2, 0) is 20.1 Å². The summed E-state index contributed by atoms with van der Waals surface area (Å²) in [5, 5.41) is 8.18. The van der Waals surface area contributed by atoms with Gasteiger partial charge < -0.3 is 10.3 Å². The van der Waals surface area contributed by atoms with Gasteiger partial charge in [-0.2, -0.15) is 0 Å². The summed E-state index contributed by atoms with van der Waals surface area (Å²) in [5.41, 5.74) is 7.78. The summed E-state index contributed by atoms with van der Waals surface area (Å²) in [4.78, 5) is 16.6. The Morgan fingerprint density at radius 1 is 1.18 bits per heavy atom. The second kappa shape index (κ2) is 4.55. The van der Waals surface area contributed by atoms with E-state index in [0.717, 1.165) is 24.0 Å². The summed E-state index contributed by atoms with van der Waals surface area (Å²) in [6, 6.07) is 7.72. The van der Waals surface area contributed by atoms with Crippen molar-refractivity contribution < 1.29 is 0 Å². The number of hydrogen-bond donors (Lipinski definition) is 1. The van der Waals surface area contributed by atoms with Crippen LogP contribution in [0, 0.1) is 0 Å². The lowest BCUT2D eigenvalue weighted by molar-refractivity contribution is 0.601. The third kappa shape index (κ3) is 1.70. The molecule has 22 heavy (non-hydrogen) atoms. The first kappa shape index (κ1) is 12.8. The summed E-state index contributed by atoms with van der Waals surface area (Å²) in [5.74, 6) is 0.807. The van der Waals surface area contributed by atoms with Crippen molar-refractivity contribution in [2.45, 2.75) is 19.5 Å². The zero-order valence-corrected chi connectivity index (χ0v) is 12.1. The number of aromatic nitrogens is 4. The van der Waals surface area contributed by atoms with Crippen molar-refractivity contribution in [1.82, 2.24) is 18.9 Å². The molecule has 8 nitrogen and oxygen atoms in total. The maximum absolute atomic E-state index is 12.2. The monoisotopic (exact) mass is 297 g/mol. The molecular formula is C14H15N7O. The summed E-state index contributed by atoms with van der Waals surface area (Å²) >= 11 is 0. The van der Waals surface area contributed by atoms with Crippen LogP contribution in [0.15, 0.2) is 39.3 Å². The first-order chi connectivity index (χ1) is 10.7. The third-order valence-electron chi connectivity index (χ3n) is 3.99. The van der Waals surface area contributed by atoms with Crippen LogP contribution < -0.4 is 11.3 Å². The lowest BCUT2D eigenvalue weighted by atomic mass is 10.3. The Morgan fingerprint density at radius 3 is 2.73 bits per heavy atom. The zero-order chi connectivity index (χ0) is 15.3. The minimum Gasteiger partial charge on any atom is -0.382 e. The first-order valence-electron chi connectivity index (χ1n) is 7.09. The standard InChI is InChI=1S/C14H15N7O/c1-19-10-6-3-2-5-9(10)16-14(19)18-17-11-12(15)20-7-4-8-21(20)13(11)22/h2-3,5-6H,4,7-8,15H2,1H3/b18-17+. The van der Waals surface area contributed by atoms with Crippen molar-refractivity contribution in [2.24, 2.45) is 17.3 Å². The van der Waals surface area contributed by atoms with E-state index in [4.69, 9.17) is 5.73 Å². The SMILES string of the molecule is Cn1c(/N=N/c2c(N)n3n(c2=O)CCC3)nc2ccccc21. The average molecular weight is 297 g/mol. The van der Waals surface area contributed by atoms with Gasteiger partial charge in [0.1, 0.15) is 0 Å². The van der Waals surface area contributed by atoms with Crippen LogP contribution in [0.25, 0.3) is 11.0 Å². The number of azo groups is 1. The molecule has 3 aromatic rings. The van der Waals surface area contributed by atoms with E-state index in [-0.39, 0.29) is 11.2 Å². The van der Waals surface area contributed by atoms with Gasteiger partial charge in [0.2, 0.25) is 5.95 Å². The Hall–Kier alpha value is -2.90. The Kier molecular flexibility index (Phi) is 2.65. The van der Waals surface area contributed by atoms with Crippen molar-refractivity contribution in [2.75, 3.05) is 5.73 Å². The van der Waals surface area contributed by atoms with Crippen molar-refractivity contribution in [3.63, 3.8) is 0 Å². The van der Waals surface area contributed by atoms with Crippen LogP contribution >= 0.6 is 0 Å². The van der Waals surface area contributed by atoms with Crippen molar-refractivity contribution in [3.05, 3.63) is 34.6 Å². The van der Waals surface area contributed by atoms with Gasteiger partial charge in [0.25, 0.3) is 5.56 Å². The quantitative estimate of drug-likeness (QED) is 0.732. The van der Waals surface area contributed by atoms with Crippen molar-refractivity contribution >= 4 is 28.5 Å². The molecule has 0 saturated heterocycles. The molecule has 1 aliphatic rings. The van der Waals surface area contributed by atoms with Gasteiger partial charge in [-0.3, -0.25) is 9.48 Å². The minimum absolute atomic E-state index is 0.187. The van der Waals surface area contributed by atoms with Crippen LogP contribution in [0.3, 0.4) is 0 Å². The number of hydrogen-bond acceptors (Lipinski definition) is 5. The number of imidazole rings is 1. The van der Waals surface area contributed by atoms with E-state index >= 15 is 0 Å². The average Bonchev–Trinajstić information content (AvgIpc) is 3.18. The fraction of sp³-hybridized carbons (Fsp3) is 0.286. The molecule has 0 spiro atoms. The van der Waals surface area contributed by atoms with Crippen LogP contribution in [0.1, 0.15) is 6.42 Å². The van der Waals surface area contributed by atoms with Crippen molar-refractivity contribution in [1.29, 1.82) is 0 Å². The highest BCUT2D eigenvalue weighted by Gasteiger charge is 2.21. The molecule has 1 aromatic carbocycles. The molecule has 0 radical (unpaired) electrons. The largest absolute Gasteiger partial charge is 0.382 e. The third-order valence-corrected chi connectivity index (χ3v) is 3.99. The van der Waals surface area contributed by atoms with Gasteiger partial charge in [-0.05, 0) is 18.6 Å². The maximum atomic E-state index is 12.2. The van der Waals surface area contributed by atoms with E-state index in [1.54, 1.807) is 9.36 Å². The molecule has 0 atom stereocenters. The van der Waals surface area contributed by atoms with E-state index in [1.165, 1.54) is 0 Å². The molecular weight excluding hydrogens is 282 g/mol. The van der Waals surface area contributed by atoms with Crippen LogP contribution in [0.2, 0.25) is 0 Å². The molecule has 2 aromatic heterocycles. The molecule has 0 amide bonds. The van der Waals surface area contributed by atoms with Gasteiger partial charge in [0, 0.05) is 20.1 Å². The molecule has 1 aliphatic heterocycles. The molecule has 0 fully saturated rings. The first-order valence-corrected chi connectivity index (χ1v) is 7.09. The van der Waals surface area contributed by atoms with Crippen molar-refractivity contribution in [3.8, 4) is 0 Å². The molecule has 2 N–H and O–H groups in total. The Morgan fingerprint density at radius 2 is 1.95 bits per heavy atom. The number of nitrogens with zero attached hydrogens (tertiary/aromatic N) is 6. The Balaban J connectivity index is 1.79. The van der Waals surface area contributed by atoms with Crippen LogP contribution in [0.5, 0.6) is 0 Å². The van der Waals surface area contributed by atoms with E-state index in [2.05, 4.69) is 15.2 Å². The van der Waals surface area contributed by atoms with Crippen LogP contribution in [0.4, 0.5) is 17.5 Å². The van der Waals surface area contributed by atoms with E-state index in [9.17, 15) is 4.79 Å².